The first-order valence-electron chi connectivity index (χ1n) is 6.76. The fraction of sp³-hybridized carbons (Fsp3) is 0.250. The van der Waals surface area contributed by atoms with Crippen LogP contribution >= 0.6 is 11.8 Å². The normalized spacial score (nSPS) is 10.3. The van der Waals surface area contributed by atoms with E-state index in [1.165, 1.54) is 5.56 Å². The minimum atomic E-state index is -0.343. The maximum atomic E-state index is 11.9. The number of hydrogen-bond donors (Lipinski definition) is 2. The highest BCUT2D eigenvalue weighted by Gasteiger charge is 2.09. The van der Waals surface area contributed by atoms with E-state index in [0.717, 1.165) is 17.2 Å². The van der Waals surface area contributed by atoms with Gasteiger partial charge in [-0.1, -0.05) is 30.3 Å². The number of H-pyrrole nitrogens is 1. The summed E-state index contributed by atoms with van der Waals surface area (Å²) in [5, 5.41) is 2.77. The van der Waals surface area contributed by atoms with Gasteiger partial charge in [-0.15, -0.1) is 0 Å². The lowest BCUT2D eigenvalue weighted by Gasteiger charge is -2.05. The van der Waals surface area contributed by atoms with Gasteiger partial charge in [0, 0.05) is 23.7 Å². The molecule has 1 aromatic heterocycles. The van der Waals surface area contributed by atoms with Crippen molar-refractivity contribution in [3.63, 3.8) is 0 Å². The number of carbonyl (C=O) groups excluding carboxylic acids is 1. The molecule has 1 heterocycles. The molecule has 0 spiro atoms. The second kappa shape index (κ2) is 7.69. The van der Waals surface area contributed by atoms with Crippen molar-refractivity contribution < 1.29 is 4.79 Å². The molecule has 0 aliphatic carbocycles. The third-order valence-electron chi connectivity index (χ3n) is 2.94. The predicted molar refractivity (Wildman–Crippen MR) is 86.7 cm³/mol. The summed E-state index contributed by atoms with van der Waals surface area (Å²) in [5.41, 5.74) is 1.83. The number of carbonyl (C=O) groups is 1. The fourth-order valence-corrected chi connectivity index (χ4v) is 2.67. The van der Waals surface area contributed by atoms with Crippen LogP contribution in [0.4, 0.5) is 0 Å². The van der Waals surface area contributed by atoms with E-state index in [2.05, 4.69) is 22.4 Å². The quantitative estimate of drug-likeness (QED) is 0.805. The SMILES string of the molecule is Cc1ccc(C(=O)NCCSCc2ccccc2)c(=O)[nH]1. The van der Waals surface area contributed by atoms with Gasteiger partial charge in [0.25, 0.3) is 11.5 Å². The van der Waals surface area contributed by atoms with Gasteiger partial charge in [0.1, 0.15) is 5.56 Å². The molecular weight excluding hydrogens is 284 g/mol. The number of pyridine rings is 1. The summed E-state index contributed by atoms with van der Waals surface area (Å²) < 4.78 is 0. The Balaban J connectivity index is 1.73. The summed E-state index contributed by atoms with van der Waals surface area (Å²) in [4.78, 5) is 26.1. The third kappa shape index (κ3) is 4.79. The Morgan fingerprint density at radius 2 is 1.95 bits per heavy atom. The van der Waals surface area contributed by atoms with Gasteiger partial charge < -0.3 is 10.3 Å². The lowest BCUT2D eigenvalue weighted by Crippen LogP contribution is -2.31. The zero-order chi connectivity index (χ0) is 15.1. The number of rotatable bonds is 6. The topological polar surface area (TPSA) is 62.0 Å². The van der Waals surface area contributed by atoms with Gasteiger partial charge >= 0.3 is 0 Å². The molecule has 2 rings (SSSR count). The first-order chi connectivity index (χ1) is 10.2. The van der Waals surface area contributed by atoms with Crippen LogP contribution < -0.4 is 10.9 Å². The summed E-state index contributed by atoms with van der Waals surface area (Å²) in [6.07, 6.45) is 0. The van der Waals surface area contributed by atoms with Crippen molar-refractivity contribution >= 4 is 17.7 Å². The van der Waals surface area contributed by atoms with E-state index in [9.17, 15) is 9.59 Å². The fourth-order valence-electron chi connectivity index (χ4n) is 1.85. The predicted octanol–water partition coefficient (Wildman–Crippen LogP) is 2.35. The molecule has 0 unspecified atom stereocenters. The van der Waals surface area contributed by atoms with Crippen molar-refractivity contribution in [3.8, 4) is 0 Å². The van der Waals surface area contributed by atoms with Crippen molar-refractivity contribution in [1.29, 1.82) is 0 Å². The van der Waals surface area contributed by atoms with Crippen molar-refractivity contribution in [3.05, 3.63) is 69.6 Å². The summed E-state index contributed by atoms with van der Waals surface area (Å²) >= 11 is 1.75. The van der Waals surface area contributed by atoms with E-state index in [-0.39, 0.29) is 17.0 Å². The molecule has 0 radical (unpaired) electrons. The van der Waals surface area contributed by atoms with E-state index in [1.54, 1.807) is 30.8 Å². The van der Waals surface area contributed by atoms with Gasteiger partial charge in [-0.25, -0.2) is 0 Å². The number of aromatic amines is 1. The minimum Gasteiger partial charge on any atom is -0.351 e. The van der Waals surface area contributed by atoms with Gasteiger partial charge in [-0.2, -0.15) is 11.8 Å². The number of nitrogens with one attached hydrogen (secondary N) is 2. The molecule has 0 fully saturated rings. The molecule has 0 atom stereocenters. The zero-order valence-electron chi connectivity index (χ0n) is 11.9. The number of thioether (sulfide) groups is 1. The standard InChI is InChI=1S/C16H18N2O2S/c1-12-7-8-14(16(20)18-12)15(19)17-9-10-21-11-13-5-3-2-4-6-13/h2-8H,9-11H2,1H3,(H,17,19)(H,18,20). The molecule has 110 valence electrons. The van der Waals surface area contributed by atoms with Crippen LogP contribution in [-0.2, 0) is 5.75 Å². The molecule has 1 amide bonds. The molecule has 0 bridgehead atoms. The van der Waals surface area contributed by atoms with Crippen molar-refractivity contribution in [2.24, 2.45) is 0 Å². The largest absolute Gasteiger partial charge is 0.351 e. The Hall–Kier alpha value is -2.01. The molecule has 1 aromatic carbocycles. The second-order valence-corrected chi connectivity index (χ2v) is 5.78. The maximum Gasteiger partial charge on any atom is 0.260 e. The average Bonchev–Trinajstić information content (AvgIpc) is 2.47. The van der Waals surface area contributed by atoms with E-state index < -0.39 is 0 Å². The van der Waals surface area contributed by atoms with Crippen LogP contribution in [0, 0.1) is 6.92 Å². The number of benzene rings is 1. The minimum absolute atomic E-state index is 0.161. The van der Waals surface area contributed by atoms with Gasteiger partial charge in [0.15, 0.2) is 0 Å². The van der Waals surface area contributed by atoms with Gasteiger partial charge in [0.2, 0.25) is 0 Å². The number of aryl methyl sites for hydroxylation is 1. The van der Waals surface area contributed by atoms with Crippen LogP contribution in [0.2, 0.25) is 0 Å². The Morgan fingerprint density at radius 1 is 1.19 bits per heavy atom. The van der Waals surface area contributed by atoms with E-state index in [0.29, 0.717) is 6.54 Å². The van der Waals surface area contributed by atoms with E-state index in [1.807, 2.05) is 18.2 Å². The molecule has 0 saturated carbocycles. The summed E-state index contributed by atoms with van der Waals surface area (Å²) in [5.74, 6) is 1.41. The highest BCUT2D eigenvalue weighted by molar-refractivity contribution is 7.98. The van der Waals surface area contributed by atoms with Crippen LogP contribution in [0.25, 0.3) is 0 Å². The van der Waals surface area contributed by atoms with Crippen LogP contribution in [0.5, 0.6) is 0 Å². The molecule has 0 aliphatic heterocycles. The Morgan fingerprint density at radius 3 is 2.67 bits per heavy atom. The number of hydrogen-bond acceptors (Lipinski definition) is 3. The maximum absolute atomic E-state index is 11.9. The van der Waals surface area contributed by atoms with Gasteiger partial charge in [0.05, 0.1) is 0 Å². The lowest BCUT2D eigenvalue weighted by molar-refractivity contribution is 0.0954. The molecule has 4 nitrogen and oxygen atoms in total. The highest BCUT2D eigenvalue weighted by atomic mass is 32.2. The lowest BCUT2D eigenvalue weighted by atomic mass is 10.2. The number of amides is 1. The zero-order valence-corrected chi connectivity index (χ0v) is 12.7. The molecule has 2 N–H and O–H groups in total. The third-order valence-corrected chi connectivity index (χ3v) is 3.97. The van der Waals surface area contributed by atoms with Crippen LogP contribution in [0.1, 0.15) is 21.6 Å². The Labute approximate surface area is 128 Å². The second-order valence-electron chi connectivity index (χ2n) is 4.68. The molecule has 5 heteroatoms. The smallest absolute Gasteiger partial charge is 0.260 e. The molecule has 2 aromatic rings. The first-order valence-corrected chi connectivity index (χ1v) is 7.92. The van der Waals surface area contributed by atoms with Crippen molar-refractivity contribution in [1.82, 2.24) is 10.3 Å². The van der Waals surface area contributed by atoms with Crippen molar-refractivity contribution in [2.45, 2.75) is 12.7 Å². The van der Waals surface area contributed by atoms with Gasteiger partial charge in [-0.3, -0.25) is 9.59 Å². The van der Waals surface area contributed by atoms with Crippen molar-refractivity contribution in [2.75, 3.05) is 12.3 Å². The summed E-state index contributed by atoms with van der Waals surface area (Å²) in [6, 6.07) is 13.5. The molecule has 0 saturated heterocycles. The number of aromatic nitrogens is 1. The molecular formula is C16H18N2O2S. The summed E-state index contributed by atoms with van der Waals surface area (Å²) in [7, 11) is 0. The van der Waals surface area contributed by atoms with E-state index >= 15 is 0 Å². The molecule has 0 aliphatic rings. The van der Waals surface area contributed by atoms with Gasteiger partial charge in [-0.05, 0) is 24.6 Å². The monoisotopic (exact) mass is 302 g/mol. The Kier molecular flexibility index (Phi) is 5.63. The molecule has 21 heavy (non-hydrogen) atoms. The van der Waals surface area contributed by atoms with Crippen LogP contribution in [0.15, 0.2) is 47.3 Å². The van der Waals surface area contributed by atoms with Crippen LogP contribution in [0.3, 0.4) is 0 Å². The summed E-state index contributed by atoms with van der Waals surface area (Å²) in [6.45, 7) is 2.33. The first kappa shape index (κ1) is 15.4. The van der Waals surface area contributed by atoms with Crippen LogP contribution in [-0.4, -0.2) is 23.2 Å². The Bertz CT molecular complexity index is 653. The van der Waals surface area contributed by atoms with E-state index in [4.69, 9.17) is 0 Å². The highest BCUT2D eigenvalue weighted by Crippen LogP contribution is 2.10. The average molecular weight is 302 g/mol.